The Hall–Kier alpha value is -0.860. The van der Waals surface area contributed by atoms with Crippen molar-refractivity contribution in [2.75, 3.05) is 0 Å². The molecule has 112 valence electrons. The van der Waals surface area contributed by atoms with Crippen molar-refractivity contribution < 1.29 is 4.74 Å². The molecule has 0 spiro atoms. The van der Waals surface area contributed by atoms with Gasteiger partial charge >= 0.3 is 0 Å². The number of aryl methyl sites for hydroxylation is 1. The molecule has 2 heteroatoms. The van der Waals surface area contributed by atoms with E-state index in [4.69, 9.17) is 10.5 Å². The molecule has 0 saturated heterocycles. The van der Waals surface area contributed by atoms with Crippen LogP contribution in [0.2, 0.25) is 0 Å². The summed E-state index contributed by atoms with van der Waals surface area (Å²) in [7, 11) is 0. The standard InChI is InChI=1S/C18H29NO/c1-4-16(19)18(15-11-9-13(2)10-12-15)20-17-8-6-5-7-14(17)3/h9-12,14,16-18H,4-8,19H2,1-3H3. The van der Waals surface area contributed by atoms with Gasteiger partial charge in [0.2, 0.25) is 0 Å². The summed E-state index contributed by atoms with van der Waals surface area (Å²) in [4.78, 5) is 0. The summed E-state index contributed by atoms with van der Waals surface area (Å²) in [6, 6.07) is 8.72. The molecule has 2 rings (SSSR count). The summed E-state index contributed by atoms with van der Waals surface area (Å²) < 4.78 is 6.46. The fourth-order valence-corrected chi connectivity index (χ4v) is 3.07. The maximum atomic E-state index is 6.46. The molecule has 1 aromatic carbocycles. The average molecular weight is 275 g/mol. The Balaban J connectivity index is 2.12. The van der Waals surface area contributed by atoms with Crippen molar-refractivity contribution in [1.82, 2.24) is 0 Å². The predicted molar refractivity (Wildman–Crippen MR) is 84.7 cm³/mol. The Labute approximate surface area is 123 Å². The van der Waals surface area contributed by atoms with Crippen LogP contribution in [-0.2, 0) is 4.74 Å². The van der Waals surface area contributed by atoms with Gasteiger partial charge in [0, 0.05) is 6.04 Å². The molecule has 1 fully saturated rings. The van der Waals surface area contributed by atoms with Gasteiger partial charge in [-0.3, -0.25) is 0 Å². The molecule has 0 aromatic heterocycles. The van der Waals surface area contributed by atoms with Crippen molar-refractivity contribution in [3.05, 3.63) is 35.4 Å². The van der Waals surface area contributed by atoms with Crippen LogP contribution in [-0.4, -0.2) is 12.1 Å². The smallest absolute Gasteiger partial charge is 0.0979 e. The molecular formula is C18H29NO. The summed E-state index contributed by atoms with van der Waals surface area (Å²) in [6.45, 7) is 6.57. The van der Waals surface area contributed by atoms with Gasteiger partial charge in [-0.05, 0) is 37.7 Å². The van der Waals surface area contributed by atoms with E-state index in [1.807, 2.05) is 0 Å². The van der Waals surface area contributed by atoms with E-state index in [2.05, 4.69) is 45.0 Å². The SMILES string of the molecule is CCC(N)C(OC1CCCCC1C)c1ccc(C)cc1. The first-order valence-electron chi connectivity index (χ1n) is 8.09. The molecule has 0 heterocycles. The van der Waals surface area contributed by atoms with Gasteiger partial charge in [-0.25, -0.2) is 0 Å². The first-order valence-corrected chi connectivity index (χ1v) is 8.09. The molecule has 1 aromatic rings. The fourth-order valence-electron chi connectivity index (χ4n) is 3.07. The highest BCUT2D eigenvalue weighted by atomic mass is 16.5. The molecule has 1 saturated carbocycles. The highest BCUT2D eigenvalue weighted by Gasteiger charge is 2.28. The Bertz CT molecular complexity index is 400. The summed E-state index contributed by atoms with van der Waals surface area (Å²) in [5.41, 5.74) is 8.83. The van der Waals surface area contributed by atoms with E-state index in [-0.39, 0.29) is 12.1 Å². The Kier molecular flexibility index (Phi) is 5.62. The lowest BCUT2D eigenvalue weighted by atomic mass is 9.87. The molecule has 4 atom stereocenters. The highest BCUT2D eigenvalue weighted by molar-refractivity contribution is 5.24. The zero-order valence-electron chi connectivity index (χ0n) is 13.1. The van der Waals surface area contributed by atoms with Gasteiger partial charge < -0.3 is 10.5 Å². The van der Waals surface area contributed by atoms with Gasteiger partial charge in [0.05, 0.1) is 12.2 Å². The van der Waals surface area contributed by atoms with E-state index in [1.54, 1.807) is 0 Å². The van der Waals surface area contributed by atoms with Crippen LogP contribution in [0.25, 0.3) is 0 Å². The predicted octanol–water partition coefficient (Wildman–Crippen LogP) is 4.37. The van der Waals surface area contributed by atoms with Crippen LogP contribution in [0.3, 0.4) is 0 Å². The van der Waals surface area contributed by atoms with Crippen LogP contribution in [0.5, 0.6) is 0 Å². The number of benzene rings is 1. The molecule has 20 heavy (non-hydrogen) atoms. The number of hydrogen-bond donors (Lipinski definition) is 1. The maximum Gasteiger partial charge on any atom is 0.0979 e. The van der Waals surface area contributed by atoms with Gasteiger partial charge in [-0.1, -0.05) is 56.5 Å². The summed E-state index contributed by atoms with van der Waals surface area (Å²) in [5.74, 6) is 0.653. The minimum atomic E-state index is 0.0335. The molecule has 0 aliphatic heterocycles. The quantitative estimate of drug-likeness (QED) is 0.866. The van der Waals surface area contributed by atoms with Crippen LogP contribution in [0.1, 0.15) is 63.2 Å². The second-order valence-electron chi connectivity index (χ2n) is 6.34. The van der Waals surface area contributed by atoms with Crippen molar-refractivity contribution in [3.63, 3.8) is 0 Å². The molecule has 1 aliphatic rings. The molecule has 2 N–H and O–H groups in total. The molecule has 1 aliphatic carbocycles. The Morgan fingerprint density at radius 2 is 1.85 bits per heavy atom. The number of ether oxygens (including phenoxy) is 1. The molecule has 0 radical (unpaired) electrons. The van der Waals surface area contributed by atoms with E-state index in [0.717, 1.165) is 6.42 Å². The molecule has 0 amide bonds. The van der Waals surface area contributed by atoms with Crippen molar-refractivity contribution in [2.24, 2.45) is 11.7 Å². The van der Waals surface area contributed by atoms with Gasteiger partial charge in [-0.2, -0.15) is 0 Å². The van der Waals surface area contributed by atoms with Crippen LogP contribution >= 0.6 is 0 Å². The Morgan fingerprint density at radius 3 is 2.45 bits per heavy atom. The zero-order chi connectivity index (χ0) is 14.5. The number of hydrogen-bond acceptors (Lipinski definition) is 2. The highest BCUT2D eigenvalue weighted by Crippen LogP contribution is 2.32. The van der Waals surface area contributed by atoms with Crippen molar-refractivity contribution >= 4 is 0 Å². The van der Waals surface area contributed by atoms with Crippen molar-refractivity contribution in [3.8, 4) is 0 Å². The van der Waals surface area contributed by atoms with E-state index >= 15 is 0 Å². The van der Waals surface area contributed by atoms with Crippen LogP contribution in [0.15, 0.2) is 24.3 Å². The minimum absolute atomic E-state index is 0.0335. The van der Waals surface area contributed by atoms with Crippen LogP contribution in [0, 0.1) is 12.8 Å². The first kappa shape index (κ1) is 15.5. The third kappa shape index (κ3) is 3.83. The molecule has 0 bridgehead atoms. The summed E-state index contributed by atoms with van der Waals surface area (Å²) in [5, 5.41) is 0. The first-order chi connectivity index (χ1) is 9.61. The monoisotopic (exact) mass is 275 g/mol. The number of rotatable bonds is 5. The lowest BCUT2D eigenvalue weighted by molar-refractivity contribution is -0.0677. The van der Waals surface area contributed by atoms with Gasteiger partial charge in [0.25, 0.3) is 0 Å². The topological polar surface area (TPSA) is 35.2 Å². The lowest BCUT2D eigenvalue weighted by Crippen LogP contribution is -2.35. The van der Waals surface area contributed by atoms with Gasteiger partial charge in [0.1, 0.15) is 0 Å². The van der Waals surface area contributed by atoms with E-state index in [0.29, 0.717) is 12.0 Å². The van der Waals surface area contributed by atoms with Gasteiger partial charge in [-0.15, -0.1) is 0 Å². The van der Waals surface area contributed by atoms with Gasteiger partial charge in [0.15, 0.2) is 0 Å². The molecular weight excluding hydrogens is 246 g/mol. The van der Waals surface area contributed by atoms with Crippen molar-refractivity contribution in [2.45, 2.75) is 71.1 Å². The minimum Gasteiger partial charge on any atom is -0.368 e. The fraction of sp³-hybridized carbons (Fsp3) is 0.667. The summed E-state index contributed by atoms with van der Waals surface area (Å²) in [6.07, 6.45) is 6.44. The lowest BCUT2D eigenvalue weighted by Gasteiger charge is -2.34. The van der Waals surface area contributed by atoms with Crippen LogP contribution in [0.4, 0.5) is 0 Å². The molecule has 4 unspecified atom stereocenters. The number of nitrogens with two attached hydrogens (primary N) is 1. The molecule has 2 nitrogen and oxygen atoms in total. The second kappa shape index (κ2) is 7.24. The average Bonchev–Trinajstić information content (AvgIpc) is 2.47. The third-order valence-electron chi connectivity index (χ3n) is 4.62. The summed E-state index contributed by atoms with van der Waals surface area (Å²) >= 11 is 0. The van der Waals surface area contributed by atoms with Crippen molar-refractivity contribution in [1.29, 1.82) is 0 Å². The normalized spacial score (nSPS) is 26.2. The largest absolute Gasteiger partial charge is 0.368 e. The van der Waals surface area contributed by atoms with Crippen LogP contribution < -0.4 is 5.73 Å². The third-order valence-corrected chi connectivity index (χ3v) is 4.62. The maximum absolute atomic E-state index is 6.46. The van der Waals surface area contributed by atoms with E-state index in [1.165, 1.54) is 36.8 Å². The second-order valence-corrected chi connectivity index (χ2v) is 6.34. The Morgan fingerprint density at radius 1 is 1.20 bits per heavy atom. The zero-order valence-corrected chi connectivity index (χ0v) is 13.1. The van der Waals surface area contributed by atoms with E-state index < -0.39 is 0 Å². The van der Waals surface area contributed by atoms with E-state index in [9.17, 15) is 0 Å².